The van der Waals surface area contributed by atoms with E-state index in [1.54, 1.807) is 0 Å². The Labute approximate surface area is 173 Å². The third kappa shape index (κ3) is 3.52. The first kappa shape index (κ1) is 17.6. The molecule has 2 atom stereocenters. The molecule has 2 unspecified atom stereocenters. The molecule has 5 rings (SSSR count). The SMILES string of the molecule is c1cncc(C(c2ccc[nH]2)c2ccc(C(c3cccnc3)c3ccc[nH]3)s2)c1. The minimum Gasteiger partial charge on any atom is -0.364 e. The van der Waals surface area contributed by atoms with Crippen LogP contribution >= 0.6 is 11.3 Å². The molecule has 5 aromatic heterocycles. The van der Waals surface area contributed by atoms with Crippen molar-refractivity contribution in [2.75, 3.05) is 0 Å². The molecule has 5 aromatic rings. The highest BCUT2D eigenvalue weighted by Gasteiger charge is 2.24. The summed E-state index contributed by atoms with van der Waals surface area (Å²) in [6, 6.07) is 21.1. The quantitative estimate of drug-likeness (QED) is 0.395. The van der Waals surface area contributed by atoms with E-state index in [9.17, 15) is 0 Å². The smallest absolute Gasteiger partial charge is 0.0599 e. The highest BCUT2D eigenvalue weighted by atomic mass is 32.1. The van der Waals surface area contributed by atoms with Crippen LogP contribution in [0.4, 0.5) is 0 Å². The molecule has 0 fully saturated rings. The summed E-state index contributed by atoms with van der Waals surface area (Å²) in [7, 11) is 0. The summed E-state index contributed by atoms with van der Waals surface area (Å²) in [4.78, 5) is 18.1. The zero-order chi connectivity index (χ0) is 19.5. The molecule has 5 heterocycles. The summed E-state index contributed by atoms with van der Waals surface area (Å²) in [5.41, 5.74) is 4.70. The maximum absolute atomic E-state index is 4.35. The van der Waals surface area contributed by atoms with Crippen LogP contribution in [0.3, 0.4) is 0 Å². The number of thiophene rings is 1. The number of pyridine rings is 2. The zero-order valence-corrected chi connectivity index (χ0v) is 16.5. The highest BCUT2D eigenvalue weighted by Crippen LogP contribution is 2.40. The normalized spacial score (nSPS) is 13.2. The van der Waals surface area contributed by atoms with Gasteiger partial charge >= 0.3 is 0 Å². The predicted octanol–water partition coefficient (Wildman–Crippen LogP) is 5.55. The minimum absolute atomic E-state index is 0.135. The Morgan fingerprint density at radius 1 is 0.621 bits per heavy atom. The van der Waals surface area contributed by atoms with Gasteiger partial charge in [0.2, 0.25) is 0 Å². The molecule has 0 radical (unpaired) electrons. The van der Waals surface area contributed by atoms with E-state index in [-0.39, 0.29) is 11.8 Å². The molecule has 0 aliphatic heterocycles. The van der Waals surface area contributed by atoms with E-state index < -0.39 is 0 Å². The van der Waals surface area contributed by atoms with Crippen molar-refractivity contribution in [2.45, 2.75) is 11.8 Å². The van der Waals surface area contributed by atoms with Crippen molar-refractivity contribution in [2.24, 2.45) is 0 Å². The topological polar surface area (TPSA) is 57.4 Å². The zero-order valence-electron chi connectivity index (χ0n) is 15.7. The van der Waals surface area contributed by atoms with E-state index in [1.165, 1.54) is 32.3 Å². The van der Waals surface area contributed by atoms with Crippen molar-refractivity contribution in [1.29, 1.82) is 0 Å². The van der Waals surface area contributed by atoms with Gasteiger partial charge in [-0.25, -0.2) is 0 Å². The number of hydrogen-bond acceptors (Lipinski definition) is 3. The highest BCUT2D eigenvalue weighted by molar-refractivity contribution is 7.12. The van der Waals surface area contributed by atoms with Crippen LogP contribution in [0.15, 0.2) is 97.8 Å². The Kier molecular flexibility index (Phi) is 4.80. The van der Waals surface area contributed by atoms with E-state index in [0.29, 0.717) is 0 Å². The molecule has 0 aliphatic carbocycles. The van der Waals surface area contributed by atoms with Crippen molar-refractivity contribution in [3.63, 3.8) is 0 Å². The second kappa shape index (κ2) is 7.89. The molecule has 2 N–H and O–H groups in total. The lowest BCUT2D eigenvalue weighted by molar-refractivity contribution is 0.943. The van der Waals surface area contributed by atoms with Crippen molar-refractivity contribution in [3.05, 3.63) is 130 Å². The Morgan fingerprint density at radius 2 is 1.14 bits per heavy atom. The Morgan fingerprint density at radius 3 is 1.52 bits per heavy atom. The summed E-state index contributed by atoms with van der Waals surface area (Å²) in [6.07, 6.45) is 11.5. The molecule has 0 aliphatic rings. The van der Waals surface area contributed by atoms with Crippen LogP contribution in [0.5, 0.6) is 0 Å². The standard InChI is InChI=1S/C24H20N4S/c1-5-17(15-25-11-1)23(19-7-3-13-27-19)21-9-10-22(29-21)24(20-8-4-14-28-20)18-6-2-12-26-16-18/h1-16,23-24,27-28H. The first-order valence-corrected chi connectivity index (χ1v) is 10.4. The Hall–Kier alpha value is -3.44. The van der Waals surface area contributed by atoms with Gasteiger partial charge in [-0.2, -0.15) is 0 Å². The first-order valence-electron chi connectivity index (χ1n) is 9.56. The van der Waals surface area contributed by atoms with Gasteiger partial charge in [-0.1, -0.05) is 12.1 Å². The number of rotatable bonds is 6. The van der Waals surface area contributed by atoms with E-state index in [4.69, 9.17) is 0 Å². The maximum atomic E-state index is 4.35. The van der Waals surface area contributed by atoms with Crippen LogP contribution in [0, 0.1) is 0 Å². The van der Waals surface area contributed by atoms with Gasteiger partial charge in [-0.05, 0) is 59.7 Å². The maximum Gasteiger partial charge on any atom is 0.0599 e. The van der Waals surface area contributed by atoms with Crippen LogP contribution in [0.2, 0.25) is 0 Å². The Bertz CT molecular complexity index is 1050. The summed E-state index contributed by atoms with van der Waals surface area (Å²) >= 11 is 1.84. The van der Waals surface area contributed by atoms with Gasteiger partial charge in [-0.3, -0.25) is 9.97 Å². The number of hydrogen-bond donors (Lipinski definition) is 2. The number of H-pyrrole nitrogens is 2. The van der Waals surface area contributed by atoms with Gasteiger partial charge < -0.3 is 9.97 Å². The molecule has 4 nitrogen and oxygen atoms in total. The van der Waals surface area contributed by atoms with Gasteiger partial charge in [0.15, 0.2) is 0 Å². The molecular formula is C24H20N4S. The van der Waals surface area contributed by atoms with Gasteiger partial charge in [0.25, 0.3) is 0 Å². The predicted molar refractivity (Wildman–Crippen MR) is 116 cm³/mol. The van der Waals surface area contributed by atoms with Gasteiger partial charge in [0.05, 0.1) is 11.8 Å². The molecule has 0 aromatic carbocycles. The monoisotopic (exact) mass is 396 g/mol. The summed E-state index contributed by atoms with van der Waals surface area (Å²) in [5.74, 6) is 0.270. The van der Waals surface area contributed by atoms with Crippen LogP contribution in [-0.2, 0) is 0 Å². The molecular weight excluding hydrogens is 376 g/mol. The largest absolute Gasteiger partial charge is 0.364 e. The fraction of sp³-hybridized carbons (Fsp3) is 0.0833. The molecule has 0 saturated carbocycles. The van der Waals surface area contributed by atoms with Crippen LogP contribution in [-0.4, -0.2) is 19.9 Å². The second-order valence-electron chi connectivity index (χ2n) is 6.93. The summed E-state index contributed by atoms with van der Waals surface area (Å²) < 4.78 is 0. The third-order valence-corrected chi connectivity index (χ3v) is 6.33. The van der Waals surface area contributed by atoms with Crippen LogP contribution in [0.25, 0.3) is 0 Å². The third-order valence-electron chi connectivity index (χ3n) is 5.12. The molecule has 0 bridgehead atoms. The van der Waals surface area contributed by atoms with Gasteiger partial charge in [0.1, 0.15) is 0 Å². The molecule has 5 heteroatoms. The van der Waals surface area contributed by atoms with Crippen LogP contribution in [0.1, 0.15) is 44.1 Å². The molecule has 29 heavy (non-hydrogen) atoms. The van der Waals surface area contributed by atoms with Crippen molar-refractivity contribution in [3.8, 4) is 0 Å². The lowest BCUT2D eigenvalue weighted by Crippen LogP contribution is -2.03. The lowest BCUT2D eigenvalue weighted by atomic mass is 9.94. The fourth-order valence-corrected chi connectivity index (χ4v) is 5.12. The molecule has 142 valence electrons. The average molecular weight is 397 g/mol. The van der Waals surface area contributed by atoms with Crippen molar-refractivity contribution in [1.82, 2.24) is 19.9 Å². The second-order valence-corrected chi connectivity index (χ2v) is 8.08. The van der Waals surface area contributed by atoms with E-state index in [0.717, 1.165) is 0 Å². The van der Waals surface area contributed by atoms with E-state index in [1.807, 2.05) is 72.8 Å². The molecule has 0 amide bonds. The van der Waals surface area contributed by atoms with E-state index in [2.05, 4.69) is 56.3 Å². The molecule has 0 spiro atoms. The average Bonchev–Trinajstić information content (AvgIpc) is 3.54. The minimum atomic E-state index is 0.135. The number of nitrogens with zero attached hydrogens (tertiary/aromatic N) is 2. The lowest BCUT2D eigenvalue weighted by Gasteiger charge is -2.16. The fourth-order valence-electron chi connectivity index (χ4n) is 3.81. The van der Waals surface area contributed by atoms with Gasteiger partial charge in [-0.15, -0.1) is 11.3 Å². The van der Waals surface area contributed by atoms with Gasteiger partial charge in [0, 0.05) is 58.3 Å². The number of aromatic amines is 2. The molecule has 0 saturated heterocycles. The van der Waals surface area contributed by atoms with E-state index >= 15 is 0 Å². The Balaban J connectivity index is 1.59. The summed E-state index contributed by atoms with van der Waals surface area (Å²) in [5, 5.41) is 0. The van der Waals surface area contributed by atoms with Crippen LogP contribution < -0.4 is 0 Å². The van der Waals surface area contributed by atoms with Crippen molar-refractivity contribution < 1.29 is 0 Å². The summed E-state index contributed by atoms with van der Waals surface area (Å²) in [6.45, 7) is 0. The van der Waals surface area contributed by atoms with Crippen molar-refractivity contribution >= 4 is 11.3 Å². The number of nitrogens with one attached hydrogen (secondary N) is 2. The number of aromatic nitrogens is 4. The first-order chi connectivity index (χ1) is 14.4.